The molecule has 69 valence electrons. The number of hydrogen-bond donors (Lipinski definition) is 0. The Hall–Kier alpha value is -0.427. The number of nitrogens with zero attached hydrogens (tertiary/aromatic N) is 2. The third-order valence-electron chi connectivity index (χ3n) is 1.49. The Morgan fingerprint density at radius 1 is 1.33 bits per heavy atom. The van der Waals surface area contributed by atoms with Crippen molar-refractivity contribution in [3.8, 4) is 0 Å². The maximum atomic E-state index is 4.28. The van der Waals surface area contributed by atoms with E-state index < -0.39 is 0 Å². The minimum Gasteiger partial charge on any atom is -0.300 e. The van der Waals surface area contributed by atoms with Gasteiger partial charge in [0.1, 0.15) is 0 Å². The molecule has 0 amide bonds. The van der Waals surface area contributed by atoms with E-state index in [1.54, 1.807) is 0 Å². The molecular formula is C9H13N2Rh-. The van der Waals surface area contributed by atoms with Gasteiger partial charge in [0.2, 0.25) is 0 Å². The van der Waals surface area contributed by atoms with Crippen LogP contribution in [-0.2, 0) is 19.5 Å². The average molecular weight is 252 g/mol. The summed E-state index contributed by atoms with van der Waals surface area (Å²) in [4.78, 5) is 8.38. The number of allylic oxidation sites excluding steroid dienone is 1. The predicted molar refractivity (Wildman–Crippen MR) is 48.8 cm³/mol. The summed E-state index contributed by atoms with van der Waals surface area (Å²) in [5.74, 6) is 1.55. The molecule has 12 heavy (non-hydrogen) atoms. The molecule has 2 nitrogen and oxygen atoms in total. The Labute approximate surface area is 86.6 Å². The molecule has 0 saturated heterocycles. The van der Waals surface area contributed by atoms with Gasteiger partial charge < -0.3 is 5.92 Å². The maximum absolute atomic E-state index is 4.28. The van der Waals surface area contributed by atoms with Gasteiger partial charge in [0.05, 0.1) is 5.70 Å². The summed E-state index contributed by atoms with van der Waals surface area (Å²) < 4.78 is 0. The van der Waals surface area contributed by atoms with E-state index in [0.29, 0.717) is 5.92 Å². The largest absolute Gasteiger partial charge is 0.300 e. The topological polar surface area (TPSA) is 24.7 Å². The van der Waals surface area contributed by atoms with Gasteiger partial charge in [0.25, 0.3) is 0 Å². The molecule has 0 aromatic carbocycles. The molecule has 0 atom stereocenters. The Balaban J connectivity index is 0.00000121. The van der Waals surface area contributed by atoms with Crippen molar-refractivity contribution in [2.75, 3.05) is 0 Å². The Morgan fingerprint density at radius 2 is 2.00 bits per heavy atom. The molecule has 0 N–H and O–H groups in total. The third kappa shape index (κ3) is 3.31. The van der Waals surface area contributed by atoms with Crippen LogP contribution in [0.5, 0.6) is 0 Å². The Morgan fingerprint density at radius 3 is 2.58 bits per heavy atom. The summed E-state index contributed by atoms with van der Waals surface area (Å²) in [6.07, 6.45) is 5.48. The van der Waals surface area contributed by atoms with E-state index in [0.717, 1.165) is 11.6 Å². The van der Waals surface area contributed by atoms with Crippen LogP contribution >= 0.6 is 0 Å². The van der Waals surface area contributed by atoms with E-state index in [-0.39, 0.29) is 19.5 Å². The first-order valence-corrected chi connectivity index (χ1v) is 3.81. The van der Waals surface area contributed by atoms with Crippen molar-refractivity contribution in [2.24, 2.45) is 15.9 Å². The van der Waals surface area contributed by atoms with Gasteiger partial charge in [-0.1, -0.05) is 13.8 Å². The fourth-order valence-corrected chi connectivity index (χ4v) is 0.772. The van der Waals surface area contributed by atoms with Crippen LogP contribution in [0.3, 0.4) is 0 Å². The van der Waals surface area contributed by atoms with Crippen molar-refractivity contribution in [3.63, 3.8) is 0 Å². The fourth-order valence-electron chi connectivity index (χ4n) is 0.772. The molecule has 0 aromatic rings. The molecule has 1 aliphatic rings. The monoisotopic (exact) mass is 252 g/mol. The first-order chi connectivity index (χ1) is 5.20. The molecule has 0 aliphatic carbocycles. The standard InChI is InChI=1S/C9H13N2.Rh/c1-7(2)9-6-10-4-8(3)5-11-9;/h4-7H,1-3H3;/q-1;. The first-order valence-electron chi connectivity index (χ1n) is 3.81. The van der Waals surface area contributed by atoms with Gasteiger partial charge in [-0.2, -0.15) is 6.92 Å². The summed E-state index contributed by atoms with van der Waals surface area (Å²) >= 11 is 0. The van der Waals surface area contributed by atoms with Crippen molar-refractivity contribution < 1.29 is 19.5 Å². The van der Waals surface area contributed by atoms with Gasteiger partial charge in [-0.3, -0.25) is 9.98 Å². The summed E-state index contributed by atoms with van der Waals surface area (Å²) in [5.41, 5.74) is 1.04. The fraction of sp³-hybridized carbons (Fsp3) is 0.444. The van der Waals surface area contributed by atoms with Gasteiger partial charge in [-0.05, 0) is 5.92 Å². The van der Waals surface area contributed by atoms with E-state index in [1.807, 2.05) is 25.6 Å². The van der Waals surface area contributed by atoms with Gasteiger partial charge in [-0.15, -0.1) is 12.4 Å². The third-order valence-corrected chi connectivity index (χ3v) is 1.49. The number of rotatable bonds is 1. The molecule has 1 aliphatic heterocycles. The first kappa shape index (κ1) is 11.6. The van der Waals surface area contributed by atoms with E-state index in [9.17, 15) is 0 Å². The van der Waals surface area contributed by atoms with Crippen LogP contribution in [0.1, 0.15) is 20.8 Å². The Kier molecular flexibility index (Phi) is 5.07. The second kappa shape index (κ2) is 5.26. The van der Waals surface area contributed by atoms with E-state index in [2.05, 4.69) is 23.8 Å². The van der Waals surface area contributed by atoms with Crippen molar-refractivity contribution in [1.82, 2.24) is 0 Å². The predicted octanol–water partition coefficient (Wildman–Crippen LogP) is 2.23. The second-order valence-electron chi connectivity index (χ2n) is 2.99. The molecule has 1 heterocycles. The summed E-state index contributed by atoms with van der Waals surface area (Å²) in [5, 5.41) is 0. The van der Waals surface area contributed by atoms with Gasteiger partial charge in [0, 0.05) is 25.7 Å². The zero-order valence-corrected chi connectivity index (χ0v) is 9.18. The van der Waals surface area contributed by atoms with Crippen LogP contribution < -0.4 is 0 Å². The number of aliphatic imine (C=N–C) groups is 2. The van der Waals surface area contributed by atoms with Crippen LogP contribution in [0.4, 0.5) is 0 Å². The molecule has 0 fully saturated rings. The zero-order chi connectivity index (χ0) is 8.27. The quantitative estimate of drug-likeness (QED) is 0.505. The van der Waals surface area contributed by atoms with Gasteiger partial charge >= 0.3 is 0 Å². The Bertz CT molecular complexity index is 217. The van der Waals surface area contributed by atoms with Gasteiger partial charge in [0.15, 0.2) is 0 Å². The van der Waals surface area contributed by atoms with Gasteiger partial charge in [-0.25, -0.2) is 0 Å². The van der Waals surface area contributed by atoms with E-state index in [4.69, 9.17) is 0 Å². The maximum Gasteiger partial charge on any atom is 0.0576 e. The SMILES string of the molecule is C[C-]1C=NC=C(C(C)C)N=C1.[Rh]. The van der Waals surface area contributed by atoms with Crippen molar-refractivity contribution in [1.29, 1.82) is 0 Å². The molecule has 0 aromatic heterocycles. The molecule has 0 bridgehead atoms. The van der Waals surface area contributed by atoms with Crippen LogP contribution in [0.25, 0.3) is 0 Å². The molecular weight excluding hydrogens is 239 g/mol. The molecule has 0 spiro atoms. The average Bonchev–Trinajstić information content (AvgIpc) is 2.13. The zero-order valence-electron chi connectivity index (χ0n) is 7.54. The van der Waals surface area contributed by atoms with Crippen molar-refractivity contribution in [3.05, 3.63) is 17.8 Å². The van der Waals surface area contributed by atoms with Crippen LogP contribution in [0.15, 0.2) is 21.9 Å². The van der Waals surface area contributed by atoms with Crippen LogP contribution in [0, 0.1) is 11.8 Å². The minimum absolute atomic E-state index is 0. The summed E-state index contributed by atoms with van der Waals surface area (Å²) in [6.45, 7) is 6.21. The van der Waals surface area contributed by atoms with Crippen molar-refractivity contribution in [2.45, 2.75) is 20.8 Å². The molecule has 0 saturated carbocycles. The molecule has 1 radical (unpaired) electrons. The number of hydrogen-bond acceptors (Lipinski definition) is 2. The smallest absolute Gasteiger partial charge is 0.0576 e. The van der Waals surface area contributed by atoms with E-state index in [1.165, 1.54) is 0 Å². The van der Waals surface area contributed by atoms with E-state index >= 15 is 0 Å². The normalized spacial score (nSPS) is 15.7. The molecule has 3 heteroatoms. The van der Waals surface area contributed by atoms with Crippen LogP contribution in [0.2, 0.25) is 0 Å². The van der Waals surface area contributed by atoms with Crippen LogP contribution in [-0.4, -0.2) is 12.4 Å². The molecule has 1 rings (SSSR count). The molecule has 0 unspecified atom stereocenters. The summed E-state index contributed by atoms with van der Waals surface area (Å²) in [7, 11) is 0. The minimum atomic E-state index is 0. The van der Waals surface area contributed by atoms with Crippen molar-refractivity contribution >= 4 is 12.4 Å². The second-order valence-corrected chi connectivity index (χ2v) is 2.99. The summed E-state index contributed by atoms with van der Waals surface area (Å²) in [6, 6.07) is 0.